The van der Waals surface area contributed by atoms with E-state index in [9.17, 15) is 0 Å². The number of aromatic nitrogens is 3. The Hall–Kier alpha value is -3.71. The minimum absolute atomic E-state index is 0.121. The Morgan fingerprint density at radius 3 is 2.55 bits per heavy atom. The first-order chi connectivity index (χ1) is 16.2. The number of pyridine rings is 2. The molecule has 1 aromatic carbocycles. The molecule has 1 N–H and O–H groups in total. The van der Waals surface area contributed by atoms with E-state index in [0.29, 0.717) is 11.7 Å². The molecule has 2 atom stereocenters. The smallest absolute Gasteiger partial charge is 0.174 e. The van der Waals surface area contributed by atoms with Crippen LogP contribution in [-0.2, 0) is 0 Å². The number of hydrogen-bond acceptors (Lipinski definition) is 4. The molecular weight excluding hydrogens is 430 g/mol. The molecule has 7 heteroatoms. The molecule has 1 aliphatic rings. The summed E-state index contributed by atoms with van der Waals surface area (Å²) >= 11 is 5.84. The van der Waals surface area contributed by atoms with Gasteiger partial charge in [0.05, 0.1) is 18.3 Å². The van der Waals surface area contributed by atoms with E-state index in [2.05, 4.69) is 36.9 Å². The largest absolute Gasteiger partial charge is 0.494 e. The Morgan fingerprint density at radius 2 is 1.85 bits per heavy atom. The maximum Gasteiger partial charge on any atom is 0.174 e. The van der Waals surface area contributed by atoms with Gasteiger partial charge in [0.1, 0.15) is 17.6 Å². The van der Waals surface area contributed by atoms with Crippen molar-refractivity contribution in [2.75, 3.05) is 11.5 Å². The van der Waals surface area contributed by atoms with Crippen molar-refractivity contribution in [3.63, 3.8) is 0 Å². The van der Waals surface area contributed by atoms with E-state index in [-0.39, 0.29) is 12.1 Å². The molecule has 0 spiro atoms. The second-order valence-corrected chi connectivity index (χ2v) is 8.31. The summed E-state index contributed by atoms with van der Waals surface area (Å²) in [6.45, 7) is 4.65. The van der Waals surface area contributed by atoms with Gasteiger partial charge in [-0.25, -0.2) is 4.98 Å². The first-order valence-electron chi connectivity index (χ1n) is 11.0. The number of thiocarbonyl (C=S) groups is 1. The first kappa shape index (κ1) is 21.2. The Bertz CT molecular complexity index is 1240. The van der Waals surface area contributed by atoms with Crippen molar-refractivity contribution in [2.24, 2.45) is 0 Å². The third kappa shape index (κ3) is 4.07. The van der Waals surface area contributed by atoms with Gasteiger partial charge in [-0.1, -0.05) is 12.1 Å². The van der Waals surface area contributed by atoms with Crippen LogP contribution in [0, 0.1) is 6.92 Å². The van der Waals surface area contributed by atoms with E-state index in [1.165, 1.54) is 0 Å². The molecule has 1 saturated heterocycles. The van der Waals surface area contributed by atoms with Crippen LogP contribution in [0.2, 0.25) is 0 Å². The molecule has 166 valence electrons. The fourth-order valence-electron chi connectivity index (χ4n) is 4.25. The van der Waals surface area contributed by atoms with E-state index in [0.717, 1.165) is 34.2 Å². The monoisotopic (exact) mass is 455 g/mol. The number of aryl methyl sites for hydroxylation is 1. The predicted molar refractivity (Wildman–Crippen MR) is 134 cm³/mol. The molecule has 4 aromatic rings. The van der Waals surface area contributed by atoms with Gasteiger partial charge < -0.3 is 19.5 Å². The van der Waals surface area contributed by atoms with E-state index in [4.69, 9.17) is 17.0 Å². The van der Waals surface area contributed by atoms with Crippen LogP contribution >= 0.6 is 12.2 Å². The van der Waals surface area contributed by atoms with Crippen molar-refractivity contribution in [1.82, 2.24) is 19.9 Å². The Morgan fingerprint density at radius 1 is 1.00 bits per heavy atom. The molecule has 5 rings (SSSR count). The highest BCUT2D eigenvalue weighted by Gasteiger charge is 2.42. The zero-order chi connectivity index (χ0) is 22.8. The van der Waals surface area contributed by atoms with Crippen molar-refractivity contribution in [3.8, 4) is 11.6 Å². The lowest BCUT2D eigenvalue weighted by Crippen LogP contribution is -2.30. The van der Waals surface area contributed by atoms with Gasteiger partial charge in [0.15, 0.2) is 5.11 Å². The Balaban J connectivity index is 1.62. The third-order valence-electron chi connectivity index (χ3n) is 5.75. The lowest BCUT2D eigenvalue weighted by molar-refractivity contribution is 0.340. The van der Waals surface area contributed by atoms with E-state index < -0.39 is 0 Å². The summed E-state index contributed by atoms with van der Waals surface area (Å²) in [5.74, 6) is 1.70. The fraction of sp³-hybridized carbons (Fsp3) is 0.192. The van der Waals surface area contributed by atoms with Gasteiger partial charge in [0.2, 0.25) is 0 Å². The molecule has 1 aliphatic heterocycles. The average Bonchev–Trinajstić information content (AvgIpc) is 3.45. The summed E-state index contributed by atoms with van der Waals surface area (Å²) in [6, 6.07) is 22.1. The number of benzene rings is 1. The van der Waals surface area contributed by atoms with Crippen LogP contribution in [0.25, 0.3) is 5.82 Å². The van der Waals surface area contributed by atoms with E-state index in [1.807, 2.05) is 87.0 Å². The second kappa shape index (κ2) is 9.03. The predicted octanol–water partition coefficient (Wildman–Crippen LogP) is 5.15. The van der Waals surface area contributed by atoms with Crippen LogP contribution in [0.15, 0.2) is 85.3 Å². The molecule has 0 aliphatic carbocycles. The maximum atomic E-state index is 5.84. The first-order valence-corrected chi connectivity index (χ1v) is 11.4. The molecule has 33 heavy (non-hydrogen) atoms. The summed E-state index contributed by atoms with van der Waals surface area (Å²) in [5.41, 5.74) is 4.12. The van der Waals surface area contributed by atoms with Crippen molar-refractivity contribution in [1.29, 1.82) is 0 Å². The molecule has 0 radical (unpaired) electrons. The molecule has 1 fully saturated rings. The topological polar surface area (TPSA) is 55.2 Å². The van der Waals surface area contributed by atoms with Crippen LogP contribution in [0.5, 0.6) is 5.75 Å². The highest BCUT2D eigenvalue weighted by molar-refractivity contribution is 7.80. The van der Waals surface area contributed by atoms with Gasteiger partial charge in [0, 0.05) is 30.0 Å². The summed E-state index contributed by atoms with van der Waals surface area (Å²) in [4.78, 5) is 11.5. The molecule has 0 saturated carbocycles. The van der Waals surface area contributed by atoms with Gasteiger partial charge in [-0.3, -0.25) is 4.98 Å². The normalized spacial score (nSPS) is 17.8. The minimum Gasteiger partial charge on any atom is -0.494 e. The van der Waals surface area contributed by atoms with Crippen molar-refractivity contribution in [2.45, 2.75) is 25.9 Å². The quantitative estimate of drug-likeness (QED) is 0.406. The number of nitrogens with one attached hydrogen (secondary N) is 1. The van der Waals surface area contributed by atoms with E-state index in [1.54, 1.807) is 0 Å². The van der Waals surface area contributed by atoms with Gasteiger partial charge in [0.25, 0.3) is 0 Å². The fourth-order valence-corrected chi connectivity index (χ4v) is 4.60. The zero-order valence-electron chi connectivity index (χ0n) is 18.6. The number of anilines is 1. The van der Waals surface area contributed by atoms with Crippen LogP contribution in [0.1, 0.15) is 36.0 Å². The second-order valence-electron chi connectivity index (χ2n) is 7.92. The Kier molecular flexibility index (Phi) is 5.79. The van der Waals surface area contributed by atoms with Crippen molar-refractivity contribution >= 4 is 23.0 Å². The number of hydrogen-bond donors (Lipinski definition) is 1. The summed E-state index contributed by atoms with van der Waals surface area (Å²) in [7, 11) is 0. The van der Waals surface area contributed by atoms with Crippen LogP contribution in [0.4, 0.5) is 5.69 Å². The molecule has 2 unspecified atom stereocenters. The standard InChI is InChI=1S/C26H25N5OS/c1-3-32-20-12-10-19(11-13-20)31-25(24(29-26(31)33)21-7-4-5-15-27-21)22-8-6-16-30(22)23-14-9-18(2)17-28-23/h4-17,24-25H,3H2,1-2H3,(H,29,33). The molecule has 6 nitrogen and oxygen atoms in total. The SMILES string of the molecule is CCOc1ccc(N2C(=S)NC(c3ccccn3)C2c2cccn2-c2ccc(C)cn2)cc1. The highest BCUT2D eigenvalue weighted by Crippen LogP contribution is 2.42. The molecule has 0 amide bonds. The lowest BCUT2D eigenvalue weighted by Gasteiger charge is -2.29. The number of rotatable bonds is 6. The lowest BCUT2D eigenvalue weighted by atomic mass is 10.0. The van der Waals surface area contributed by atoms with Gasteiger partial charge in [-0.05, 0) is 86.2 Å². The van der Waals surface area contributed by atoms with Crippen LogP contribution < -0.4 is 15.0 Å². The number of ether oxygens (including phenoxy) is 1. The maximum absolute atomic E-state index is 5.84. The van der Waals surface area contributed by atoms with Gasteiger partial charge in [-0.2, -0.15) is 0 Å². The molecule has 4 heterocycles. The third-order valence-corrected chi connectivity index (χ3v) is 6.06. The van der Waals surface area contributed by atoms with Crippen molar-refractivity contribution in [3.05, 3.63) is 102 Å². The van der Waals surface area contributed by atoms with Crippen LogP contribution in [0.3, 0.4) is 0 Å². The Labute approximate surface area is 198 Å². The van der Waals surface area contributed by atoms with Gasteiger partial charge in [-0.15, -0.1) is 0 Å². The number of nitrogens with zero attached hydrogens (tertiary/aromatic N) is 4. The van der Waals surface area contributed by atoms with Crippen LogP contribution in [-0.4, -0.2) is 26.3 Å². The minimum atomic E-state index is -0.122. The average molecular weight is 456 g/mol. The van der Waals surface area contributed by atoms with Gasteiger partial charge >= 0.3 is 0 Å². The molecular formula is C26H25N5OS. The molecule has 0 bridgehead atoms. The zero-order valence-corrected chi connectivity index (χ0v) is 19.4. The summed E-state index contributed by atoms with van der Waals surface area (Å²) in [6.07, 6.45) is 5.74. The summed E-state index contributed by atoms with van der Waals surface area (Å²) in [5, 5.41) is 4.17. The van der Waals surface area contributed by atoms with Crippen molar-refractivity contribution < 1.29 is 4.74 Å². The highest BCUT2D eigenvalue weighted by atomic mass is 32.1. The van der Waals surface area contributed by atoms with E-state index >= 15 is 0 Å². The summed E-state index contributed by atoms with van der Waals surface area (Å²) < 4.78 is 7.76. The molecule has 3 aromatic heterocycles.